The molecule has 9 heteroatoms. The second-order valence-corrected chi connectivity index (χ2v) is 8.21. The van der Waals surface area contributed by atoms with Gasteiger partial charge in [0, 0.05) is 23.2 Å². The Bertz CT molecular complexity index is 1030. The van der Waals surface area contributed by atoms with Gasteiger partial charge in [-0.05, 0) is 31.5 Å². The average molecular weight is 374 g/mol. The lowest BCUT2D eigenvalue weighted by Crippen LogP contribution is -2.42. The maximum absolute atomic E-state index is 12.7. The van der Waals surface area contributed by atoms with Gasteiger partial charge in [0.1, 0.15) is 12.6 Å². The molecule has 0 spiro atoms. The lowest BCUT2D eigenvalue weighted by molar-refractivity contribution is -0.129. The van der Waals surface area contributed by atoms with Crippen LogP contribution in [0.2, 0.25) is 0 Å². The molecule has 1 aliphatic rings. The van der Waals surface area contributed by atoms with Gasteiger partial charge in [-0.3, -0.25) is 9.59 Å². The summed E-state index contributed by atoms with van der Waals surface area (Å²) in [5.74, 6) is -0.737. The van der Waals surface area contributed by atoms with Gasteiger partial charge in [0.25, 0.3) is 5.91 Å². The lowest BCUT2D eigenvalue weighted by atomic mass is 10.1. The Balaban J connectivity index is 1.89. The third-order valence-electron chi connectivity index (χ3n) is 4.54. The van der Waals surface area contributed by atoms with Crippen molar-refractivity contribution in [3.8, 4) is 6.07 Å². The largest absolute Gasteiger partial charge is 0.340 e. The van der Waals surface area contributed by atoms with Gasteiger partial charge in [-0.1, -0.05) is 6.07 Å². The number of hydrogen-bond donors (Lipinski definition) is 1. The number of rotatable bonds is 4. The minimum absolute atomic E-state index is 0.0147. The van der Waals surface area contributed by atoms with E-state index in [-0.39, 0.29) is 18.5 Å². The van der Waals surface area contributed by atoms with E-state index in [1.807, 2.05) is 13.0 Å². The van der Waals surface area contributed by atoms with E-state index in [9.17, 15) is 18.0 Å². The highest BCUT2D eigenvalue weighted by Crippen LogP contribution is 2.23. The molecule has 1 N–H and O–H groups in total. The molecule has 3 rings (SSSR count). The summed E-state index contributed by atoms with van der Waals surface area (Å²) in [6, 6.07) is 7.48. The molecule has 0 radical (unpaired) electrons. The fraction of sp³-hybridized carbons (Fsp3) is 0.353. The van der Waals surface area contributed by atoms with Crippen molar-refractivity contribution in [2.75, 3.05) is 12.8 Å². The van der Waals surface area contributed by atoms with Gasteiger partial charge < -0.3 is 10.2 Å². The first-order valence-electron chi connectivity index (χ1n) is 8.03. The Hall–Kier alpha value is -2.86. The smallest absolute Gasteiger partial charge is 0.252 e. The van der Waals surface area contributed by atoms with Gasteiger partial charge in [0.2, 0.25) is 15.9 Å². The van der Waals surface area contributed by atoms with Gasteiger partial charge in [-0.15, -0.1) is 0 Å². The molecule has 1 fully saturated rings. The van der Waals surface area contributed by atoms with Crippen LogP contribution in [-0.4, -0.2) is 54.0 Å². The second kappa shape index (κ2) is 6.46. The third-order valence-corrected chi connectivity index (χ3v) is 5.57. The molecule has 1 aromatic heterocycles. The highest BCUT2D eigenvalue weighted by molar-refractivity contribution is 7.89. The normalized spacial score (nSPS) is 20.3. The second-order valence-electron chi connectivity index (χ2n) is 6.35. The van der Waals surface area contributed by atoms with Crippen LogP contribution in [0.25, 0.3) is 10.9 Å². The van der Waals surface area contributed by atoms with Crippen LogP contribution in [0.4, 0.5) is 0 Å². The van der Waals surface area contributed by atoms with Crippen molar-refractivity contribution in [1.82, 2.24) is 14.2 Å². The van der Waals surface area contributed by atoms with Crippen molar-refractivity contribution in [2.24, 2.45) is 0 Å². The molecule has 0 saturated carbocycles. The van der Waals surface area contributed by atoms with Gasteiger partial charge in [0.15, 0.2) is 0 Å². The lowest BCUT2D eigenvalue weighted by Gasteiger charge is -2.17. The SMILES string of the molecule is CC1CC(NC(=O)c2cccc3c2ccn3S(C)(=O)=O)C(=O)N1CC#N. The molecule has 2 heterocycles. The van der Waals surface area contributed by atoms with Crippen LogP contribution in [0.5, 0.6) is 0 Å². The monoisotopic (exact) mass is 374 g/mol. The zero-order valence-electron chi connectivity index (χ0n) is 14.3. The van der Waals surface area contributed by atoms with E-state index in [1.54, 1.807) is 24.3 Å². The fourth-order valence-corrected chi connectivity index (χ4v) is 4.08. The summed E-state index contributed by atoms with van der Waals surface area (Å²) in [6.45, 7) is 1.81. The molecule has 8 nitrogen and oxygen atoms in total. The summed E-state index contributed by atoms with van der Waals surface area (Å²) in [5.41, 5.74) is 0.696. The van der Waals surface area contributed by atoms with Crippen molar-refractivity contribution >= 4 is 32.7 Å². The highest BCUT2D eigenvalue weighted by atomic mass is 32.2. The van der Waals surface area contributed by atoms with Crippen molar-refractivity contribution < 1.29 is 18.0 Å². The molecule has 2 atom stereocenters. The molecule has 1 saturated heterocycles. The number of carbonyl (C=O) groups excluding carboxylic acids is 2. The van der Waals surface area contributed by atoms with E-state index in [0.717, 1.165) is 10.2 Å². The van der Waals surface area contributed by atoms with Crippen LogP contribution in [0.3, 0.4) is 0 Å². The highest BCUT2D eigenvalue weighted by Gasteiger charge is 2.38. The van der Waals surface area contributed by atoms with E-state index in [2.05, 4.69) is 5.32 Å². The molecule has 2 amide bonds. The van der Waals surface area contributed by atoms with Crippen LogP contribution in [0.15, 0.2) is 30.5 Å². The number of carbonyl (C=O) groups is 2. The number of aromatic nitrogens is 1. The first-order chi connectivity index (χ1) is 12.2. The number of hydrogen-bond acceptors (Lipinski definition) is 5. The Morgan fingerprint density at radius 2 is 2.12 bits per heavy atom. The molecule has 1 aliphatic heterocycles. The molecular weight excluding hydrogens is 356 g/mol. The van der Waals surface area contributed by atoms with Gasteiger partial charge in [0.05, 0.1) is 17.8 Å². The van der Waals surface area contributed by atoms with E-state index < -0.39 is 22.0 Å². The van der Waals surface area contributed by atoms with Crippen molar-refractivity contribution in [1.29, 1.82) is 5.26 Å². The van der Waals surface area contributed by atoms with Gasteiger partial charge >= 0.3 is 0 Å². The van der Waals surface area contributed by atoms with Crippen LogP contribution in [0.1, 0.15) is 23.7 Å². The number of amides is 2. The van der Waals surface area contributed by atoms with Crippen LogP contribution < -0.4 is 5.32 Å². The molecule has 2 unspecified atom stereocenters. The Morgan fingerprint density at radius 1 is 1.38 bits per heavy atom. The molecular formula is C17H18N4O4S. The molecule has 26 heavy (non-hydrogen) atoms. The van der Waals surface area contributed by atoms with E-state index in [4.69, 9.17) is 5.26 Å². The number of nitrogens with one attached hydrogen (secondary N) is 1. The average Bonchev–Trinajstić information content (AvgIpc) is 3.11. The zero-order chi connectivity index (χ0) is 19.1. The first-order valence-corrected chi connectivity index (χ1v) is 9.87. The Kier molecular flexibility index (Phi) is 4.46. The Labute approximate surface area is 151 Å². The van der Waals surface area contributed by atoms with Crippen molar-refractivity contribution in [2.45, 2.75) is 25.4 Å². The molecule has 1 aromatic carbocycles. The predicted octanol–water partition coefficient (Wildman–Crippen LogP) is 0.692. The summed E-state index contributed by atoms with van der Waals surface area (Å²) in [5, 5.41) is 12.0. The standard InChI is InChI=1S/C17H18N4O4S/c1-11-10-14(17(23)20(11)9-7-18)19-16(22)13-4-3-5-15-12(13)6-8-21(15)26(2,24)25/h3-6,8,11,14H,9-10H2,1-2H3,(H,19,22). The number of nitriles is 1. The number of nitrogens with zero attached hydrogens (tertiary/aromatic N) is 3. The van der Waals surface area contributed by atoms with Crippen LogP contribution in [0, 0.1) is 11.3 Å². The number of benzene rings is 1. The quantitative estimate of drug-likeness (QED) is 0.792. The Morgan fingerprint density at radius 3 is 2.77 bits per heavy atom. The minimum Gasteiger partial charge on any atom is -0.340 e. The van der Waals surface area contributed by atoms with E-state index in [1.165, 1.54) is 11.1 Å². The fourth-order valence-electron chi connectivity index (χ4n) is 3.28. The third kappa shape index (κ3) is 3.04. The maximum Gasteiger partial charge on any atom is 0.252 e. The molecule has 0 bridgehead atoms. The minimum atomic E-state index is -3.49. The topological polar surface area (TPSA) is 112 Å². The van der Waals surface area contributed by atoms with Crippen molar-refractivity contribution in [3.63, 3.8) is 0 Å². The van der Waals surface area contributed by atoms with Crippen LogP contribution in [-0.2, 0) is 14.8 Å². The molecule has 136 valence electrons. The number of likely N-dealkylation sites (tertiary alicyclic amines) is 1. The van der Waals surface area contributed by atoms with Crippen LogP contribution >= 0.6 is 0 Å². The van der Waals surface area contributed by atoms with Gasteiger partial charge in [-0.25, -0.2) is 12.4 Å². The van der Waals surface area contributed by atoms with E-state index in [0.29, 0.717) is 22.9 Å². The summed E-state index contributed by atoms with van der Waals surface area (Å²) >= 11 is 0. The van der Waals surface area contributed by atoms with Crippen molar-refractivity contribution in [3.05, 3.63) is 36.0 Å². The summed E-state index contributed by atoms with van der Waals surface area (Å²) in [6.07, 6.45) is 2.91. The maximum atomic E-state index is 12.7. The summed E-state index contributed by atoms with van der Waals surface area (Å²) in [4.78, 5) is 26.5. The van der Waals surface area contributed by atoms with E-state index >= 15 is 0 Å². The molecule has 0 aliphatic carbocycles. The predicted molar refractivity (Wildman–Crippen MR) is 94.8 cm³/mol. The summed E-state index contributed by atoms with van der Waals surface area (Å²) in [7, 11) is -3.49. The summed E-state index contributed by atoms with van der Waals surface area (Å²) < 4.78 is 24.8. The zero-order valence-corrected chi connectivity index (χ0v) is 15.2. The number of fused-ring (bicyclic) bond motifs is 1. The van der Waals surface area contributed by atoms with Gasteiger partial charge in [-0.2, -0.15) is 5.26 Å². The molecule has 2 aromatic rings. The first kappa shape index (κ1) is 17.9.